The maximum Gasteiger partial charge on any atom is 0.501 e. The van der Waals surface area contributed by atoms with Crippen LogP contribution in [0.3, 0.4) is 0 Å². The van der Waals surface area contributed by atoms with Crippen molar-refractivity contribution in [3.05, 3.63) is 65.5 Å². The Labute approximate surface area is 163 Å². The van der Waals surface area contributed by atoms with Gasteiger partial charge in [-0.15, -0.1) is 6.58 Å². The molecule has 0 atom stereocenters. The van der Waals surface area contributed by atoms with Gasteiger partial charge in [-0.05, 0) is 42.8 Å². The standard InChI is InChI=1S/C18H14ClF3N2O3S/c1-2-3-13-15(28(25,26)18(20,21)22)9-8-14-17(13)24-16(23-14)10-27-12-6-4-11(19)5-7-12/h2,4-9H,1,3,10H2,(H,23,24). The zero-order valence-electron chi connectivity index (χ0n) is 14.3. The third-order valence-electron chi connectivity index (χ3n) is 3.90. The number of aromatic nitrogens is 2. The number of imidazole rings is 1. The van der Waals surface area contributed by atoms with Crippen LogP contribution >= 0.6 is 11.6 Å². The minimum absolute atomic E-state index is 0.00515. The van der Waals surface area contributed by atoms with E-state index in [0.717, 1.165) is 6.07 Å². The molecule has 3 aromatic rings. The molecule has 148 valence electrons. The zero-order chi connectivity index (χ0) is 20.5. The summed E-state index contributed by atoms with van der Waals surface area (Å²) in [6.45, 7) is 3.49. The lowest BCUT2D eigenvalue weighted by Crippen LogP contribution is -2.24. The average Bonchev–Trinajstić information content (AvgIpc) is 3.04. The lowest BCUT2D eigenvalue weighted by molar-refractivity contribution is -0.0436. The predicted octanol–water partition coefficient (Wildman–Crippen LogP) is 4.82. The molecule has 1 aromatic heterocycles. The smallest absolute Gasteiger partial charge is 0.486 e. The van der Waals surface area contributed by atoms with E-state index in [2.05, 4.69) is 16.5 Å². The van der Waals surface area contributed by atoms with Crippen LogP contribution in [-0.4, -0.2) is 23.9 Å². The summed E-state index contributed by atoms with van der Waals surface area (Å²) < 4.78 is 68.4. The Morgan fingerprint density at radius 1 is 1.18 bits per heavy atom. The Bertz CT molecular complexity index is 1120. The molecule has 0 saturated heterocycles. The summed E-state index contributed by atoms with van der Waals surface area (Å²) >= 11 is 5.80. The number of hydrogen-bond donors (Lipinski definition) is 1. The average molecular weight is 431 g/mol. The highest BCUT2D eigenvalue weighted by atomic mass is 35.5. The summed E-state index contributed by atoms with van der Waals surface area (Å²) in [6, 6.07) is 8.77. The predicted molar refractivity (Wildman–Crippen MR) is 99.0 cm³/mol. The molecule has 0 bridgehead atoms. The van der Waals surface area contributed by atoms with E-state index in [1.807, 2.05) is 0 Å². The number of aromatic amines is 1. The molecular formula is C18H14ClF3N2O3S. The van der Waals surface area contributed by atoms with Crippen LogP contribution in [0.4, 0.5) is 13.2 Å². The quantitative estimate of drug-likeness (QED) is 0.569. The minimum atomic E-state index is -5.52. The Kier molecular flexibility index (Phi) is 5.40. The van der Waals surface area contributed by atoms with E-state index in [1.165, 1.54) is 12.1 Å². The SMILES string of the molecule is C=CCc1c(S(=O)(=O)C(F)(F)F)ccc2[nH]c(COc3ccc(Cl)cc3)nc12. The van der Waals surface area contributed by atoms with Gasteiger partial charge in [-0.1, -0.05) is 17.7 Å². The normalized spacial score (nSPS) is 12.3. The number of alkyl halides is 3. The number of halogens is 4. The minimum Gasteiger partial charge on any atom is -0.486 e. The Hall–Kier alpha value is -2.52. The number of benzene rings is 2. The first-order valence-corrected chi connectivity index (χ1v) is 9.80. The van der Waals surface area contributed by atoms with Crippen molar-refractivity contribution in [2.24, 2.45) is 0 Å². The summed E-state index contributed by atoms with van der Waals surface area (Å²) in [5, 5.41) is 0.545. The molecule has 0 radical (unpaired) electrons. The molecule has 0 fully saturated rings. The van der Waals surface area contributed by atoms with Gasteiger partial charge in [-0.3, -0.25) is 0 Å². The van der Waals surface area contributed by atoms with Crippen molar-refractivity contribution in [3.8, 4) is 5.75 Å². The first-order chi connectivity index (χ1) is 13.1. The fourth-order valence-electron chi connectivity index (χ4n) is 2.63. The fraction of sp³-hybridized carbons (Fsp3) is 0.167. The van der Waals surface area contributed by atoms with Gasteiger partial charge in [0.05, 0.1) is 15.9 Å². The van der Waals surface area contributed by atoms with Crippen LogP contribution in [-0.2, 0) is 22.9 Å². The highest BCUT2D eigenvalue weighted by molar-refractivity contribution is 7.92. The van der Waals surface area contributed by atoms with Crippen molar-refractivity contribution >= 4 is 32.5 Å². The third-order valence-corrected chi connectivity index (χ3v) is 5.72. The molecule has 0 saturated carbocycles. The largest absolute Gasteiger partial charge is 0.501 e. The summed E-state index contributed by atoms with van der Waals surface area (Å²) in [5.74, 6) is 0.855. The molecule has 0 aliphatic carbocycles. The Balaban J connectivity index is 2.00. The molecule has 0 spiro atoms. The molecule has 0 amide bonds. The number of hydrogen-bond acceptors (Lipinski definition) is 4. The van der Waals surface area contributed by atoms with Crippen molar-refractivity contribution in [1.82, 2.24) is 9.97 Å². The van der Waals surface area contributed by atoms with Crippen LogP contribution in [0.15, 0.2) is 53.9 Å². The molecule has 0 aliphatic rings. The first kappa shape index (κ1) is 20.2. The van der Waals surface area contributed by atoms with Gasteiger partial charge in [0.25, 0.3) is 9.84 Å². The number of H-pyrrole nitrogens is 1. The maximum absolute atomic E-state index is 13.0. The van der Waals surface area contributed by atoms with Gasteiger partial charge in [-0.2, -0.15) is 13.2 Å². The molecule has 0 aliphatic heterocycles. The molecule has 10 heteroatoms. The van der Waals surface area contributed by atoms with Crippen molar-refractivity contribution in [1.29, 1.82) is 0 Å². The molecule has 0 unspecified atom stereocenters. The zero-order valence-corrected chi connectivity index (χ0v) is 15.8. The molecule has 28 heavy (non-hydrogen) atoms. The van der Waals surface area contributed by atoms with Crippen molar-refractivity contribution in [2.45, 2.75) is 23.4 Å². The second kappa shape index (κ2) is 7.48. The Morgan fingerprint density at radius 2 is 1.86 bits per heavy atom. The topological polar surface area (TPSA) is 72.0 Å². The second-order valence-corrected chi connectivity index (χ2v) is 8.15. The van der Waals surface area contributed by atoms with Gasteiger partial charge in [-0.25, -0.2) is 13.4 Å². The van der Waals surface area contributed by atoms with Gasteiger partial charge in [0.15, 0.2) is 0 Å². The number of sulfone groups is 1. The van der Waals surface area contributed by atoms with Crippen LogP contribution in [0.25, 0.3) is 11.0 Å². The van der Waals surface area contributed by atoms with Crippen LogP contribution in [0.2, 0.25) is 5.02 Å². The highest BCUT2D eigenvalue weighted by Crippen LogP contribution is 2.35. The van der Waals surface area contributed by atoms with E-state index in [9.17, 15) is 21.6 Å². The molecule has 3 rings (SSSR count). The lowest BCUT2D eigenvalue weighted by Gasteiger charge is -2.12. The molecule has 5 nitrogen and oxygen atoms in total. The summed E-state index contributed by atoms with van der Waals surface area (Å²) in [4.78, 5) is 6.33. The Morgan fingerprint density at radius 3 is 2.46 bits per heavy atom. The number of ether oxygens (including phenoxy) is 1. The monoisotopic (exact) mass is 430 g/mol. The maximum atomic E-state index is 13.0. The summed E-state index contributed by atoms with van der Waals surface area (Å²) in [7, 11) is -5.52. The molecule has 1 heterocycles. The summed E-state index contributed by atoms with van der Waals surface area (Å²) in [6.07, 6.45) is 1.23. The van der Waals surface area contributed by atoms with E-state index in [1.54, 1.807) is 24.3 Å². The van der Waals surface area contributed by atoms with Crippen LogP contribution in [0.1, 0.15) is 11.4 Å². The van der Waals surface area contributed by atoms with Crippen LogP contribution < -0.4 is 4.74 Å². The van der Waals surface area contributed by atoms with Crippen molar-refractivity contribution < 1.29 is 26.3 Å². The van der Waals surface area contributed by atoms with Gasteiger partial charge >= 0.3 is 5.51 Å². The van der Waals surface area contributed by atoms with Gasteiger partial charge < -0.3 is 9.72 Å². The number of fused-ring (bicyclic) bond motifs is 1. The number of rotatable bonds is 6. The first-order valence-electron chi connectivity index (χ1n) is 7.94. The van der Waals surface area contributed by atoms with Gasteiger partial charge in [0.2, 0.25) is 0 Å². The van der Waals surface area contributed by atoms with E-state index in [4.69, 9.17) is 16.3 Å². The van der Waals surface area contributed by atoms with Crippen LogP contribution in [0, 0.1) is 0 Å². The van der Waals surface area contributed by atoms with E-state index in [-0.39, 0.29) is 24.1 Å². The van der Waals surface area contributed by atoms with E-state index < -0.39 is 20.2 Å². The van der Waals surface area contributed by atoms with Crippen LogP contribution in [0.5, 0.6) is 5.75 Å². The molecular weight excluding hydrogens is 417 g/mol. The molecule has 1 N–H and O–H groups in total. The number of nitrogens with zero attached hydrogens (tertiary/aromatic N) is 1. The van der Waals surface area contributed by atoms with Gasteiger partial charge in [0, 0.05) is 10.6 Å². The van der Waals surface area contributed by atoms with Crippen molar-refractivity contribution in [3.63, 3.8) is 0 Å². The highest BCUT2D eigenvalue weighted by Gasteiger charge is 2.48. The fourth-order valence-corrected chi connectivity index (χ4v) is 3.76. The third kappa shape index (κ3) is 3.85. The number of nitrogens with one attached hydrogen (secondary N) is 1. The van der Waals surface area contributed by atoms with E-state index >= 15 is 0 Å². The van der Waals surface area contributed by atoms with E-state index in [0.29, 0.717) is 22.1 Å². The second-order valence-electron chi connectivity index (χ2n) is 5.81. The number of allylic oxidation sites excluding steroid dienone is 1. The van der Waals surface area contributed by atoms with Crippen molar-refractivity contribution in [2.75, 3.05) is 0 Å². The molecule has 2 aromatic carbocycles. The summed E-state index contributed by atoms with van der Waals surface area (Å²) in [5.41, 5.74) is -4.96. The van der Waals surface area contributed by atoms with Gasteiger partial charge in [0.1, 0.15) is 18.2 Å². The lowest BCUT2D eigenvalue weighted by atomic mass is 10.1.